The zero-order valence-electron chi connectivity index (χ0n) is 12.4. The minimum absolute atomic E-state index is 0.0729. The number of rotatable bonds is 7. The third-order valence-corrected chi connectivity index (χ3v) is 3.75. The van der Waals surface area contributed by atoms with Crippen LogP contribution in [-0.2, 0) is 9.53 Å². The highest BCUT2D eigenvalue weighted by atomic mass is 35.5. The standard InChI is InChI=1S/C16H21ClN2O3/c17-9-1-4-15(20)19-13-7-5-12(6-8-13)16(21)18-11-14-3-2-10-22-14/h5-8,14H,1-4,9-11H2,(H,18,21)(H,19,20). The summed E-state index contributed by atoms with van der Waals surface area (Å²) in [5.41, 5.74) is 1.24. The van der Waals surface area contributed by atoms with E-state index in [1.807, 2.05) is 0 Å². The lowest BCUT2D eigenvalue weighted by atomic mass is 10.1. The molecular weight excluding hydrogens is 304 g/mol. The second-order valence-electron chi connectivity index (χ2n) is 5.26. The summed E-state index contributed by atoms with van der Waals surface area (Å²) in [5, 5.41) is 5.63. The molecule has 0 spiro atoms. The Morgan fingerprint density at radius 2 is 2.05 bits per heavy atom. The zero-order valence-corrected chi connectivity index (χ0v) is 13.2. The second kappa shape index (κ2) is 8.76. The third kappa shape index (κ3) is 5.31. The van der Waals surface area contributed by atoms with Crippen molar-refractivity contribution in [1.82, 2.24) is 5.32 Å². The fourth-order valence-electron chi connectivity index (χ4n) is 2.27. The van der Waals surface area contributed by atoms with E-state index in [4.69, 9.17) is 16.3 Å². The van der Waals surface area contributed by atoms with Crippen LogP contribution < -0.4 is 10.6 Å². The Balaban J connectivity index is 1.79. The van der Waals surface area contributed by atoms with E-state index in [1.54, 1.807) is 24.3 Å². The smallest absolute Gasteiger partial charge is 0.251 e. The highest BCUT2D eigenvalue weighted by Gasteiger charge is 2.16. The number of anilines is 1. The minimum atomic E-state index is -0.129. The topological polar surface area (TPSA) is 67.4 Å². The van der Waals surface area contributed by atoms with Crippen molar-refractivity contribution in [2.45, 2.75) is 31.8 Å². The molecule has 2 N–H and O–H groups in total. The van der Waals surface area contributed by atoms with Gasteiger partial charge in [-0.2, -0.15) is 0 Å². The first-order valence-electron chi connectivity index (χ1n) is 7.54. The van der Waals surface area contributed by atoms with Crippen LogP contribution in [0.5, 0.6) is 0 Å². The highest BCUT2D eigenvalue weighted by Crippen LogP contribution is 2.12. The zero-order chi connectivity index (χ0) is 15.8. The van der Waals surface area contributed by atoms with Crippen molar-refractivity contribution in [2.24, 2.45) is 0 Å². The molecular formula is C16H21ClN2O3. The van der Waals surface area contributed by atoms with Crippen molar-refractivity contribution in [3.63, 3.8) is 0 Å². The Labute approximate surface area is 135 Å². The molecule has 1 saturated heterocycles. The van der Waals surface area contributed by atoms with E-state index in [0.717, 1.165) is 19.4 Å². The number of benzene rings is 1. The predicted molar refractivity (Wildman–Crippen MR) is 86.3 cm³/mol. The molecule has 1 unspecified atom stereocenters. The molecule has 0 aliphatic carbocycles. The van der Waals surface area contributed by atoms with E-state index in [0.29, 0.717) is 36.5 Å². The normalized spacial score (nSPS) is 17.2. The number of amides is 2. The Hall–Kier alpha value is -1.59. The average Bonchev–Trinajstić information content (AvgIpc) is 3.05. The first kappa shape index (κ1) is 16.8. The summed E-state index contributed by atoms with van der Waals surface area (Å²) in [4.78, 5) is 23.6. The summed E-state index contributed by atoms with van der Waals surface area (Å²) < 4.78 is 5.46. The molecule has 1 aliphatic heterocycles. The molecule has 22 heavy (non-hydrogen) atoms. The molecule has 5 nitrogen and oxygen atoms in total. The van der Waals surface area contributed by atoms with Gasteiger partial charge in [0.2, 0.25) is 5.91 Å². The lowest BCUT2D eigenvalue weighted by Crippen LogP contribution is -2.31. The van der Waals surface area contributed by atoms with E-state index in [-0.39, 0.29) is 17.9 Å². The van der Waals surface area contributed by atoms with Crippen LogP contribution in [0.3, 0.4) is 0 Å². The lowest BCUT2D eigenvalue weighted by molar-refractivity contribution is -0.116. The highest BCUT2D eigenvalue weighted by molar-refractivity contribution is 6.18. The van der Waals surface area contributed by atoms with Crippen LogP contribution in [0.25, 0.3) is 0 Å². The predicted octanol–water partition coefficient (Wildman–Crippen LogP) is 2.55. The fraction of sp³-hybridized carbons (Fsp3) is 0.500. The van der Waals surface area contributed by atoms with Crippen molar-refractivity contribution in [3.8, 4) is 0 Å². The molecule has 1 fully saturated rings. The van der Waals surface area contributed by atoms with Gasteiger partial charge in [0.25, 0.3) is 5.91 Å². The minimum Gasteiger partial charge on any atom is -0.376 e. The first-order valence-corrected chi connectivity index (χ1v) is 8.08. The first-order chi connectivity index (χ1) is 10.7. The summed E-state index contributed by atoms with van der Waals surface area (Å²) in [7, 11) is 0. The number of alkyl halides is 1. The van der Waals surface area contributed by atoms with Crippen LogP contribution in [0.2, 0.25) is 0 Å². The summed E-state index contributed by atoms with van der Waals surface area (Å²) in [5.74, 6) is 0.267. The van der Waals surface area contributed by atoms with Crippen molar-refractivity contribution in [3.05, 3.63) is 29.8 Å². The average molecular weight is 325 g/mol. The SMILES string of the molecule is O=C(CCCCl)Nc1ccc(C(=O)NCC2CCCO2)cc1. The molecule has 1 aliphatic rings. The van der Waals surface area contributed by atoms with E-state index in [9.17, 15) is 9.59 Å². The van der Waals surface area contributed by atoms with Gasteiger partial charge in [0.15, 0.2) is 0 Å². The number of carbonyl (C=O) groups excluding carboxylic acids is 2. The Morgan fingerprint density at radius 1 is 1.27 bits per heavy atom. The molecule has 2 amide bonds. The fourth-order valence-corrected chi connectivity index (χ4v) is 2.40. The van der Waals surface area contributed by atoms with Gasteiger partial charge in [-0.15, -0.1) is 11.6 Å². The number of hydrogen-bond donors (Lipinski definition) is 2. The van der Waals surface area contributed by atoms with E-state index in [2.05, 4.69) is 10.6 Å². The Bertz CT molecular complexity index is 499. The Morgan fingerprint density at radius 3 is 2.68 bits per heavy atom. The number of carbonyl (C=O) groups is 2. The van der Waals surface area contributed by atoms with Gasteiger partial charge >= 0.3 is 0 Å². The van der Waals surface area contributed by atoms with Crippen LogP contribution in [0, 0.1) is 0 Å². The summed E-state index contributed by atoms with van der Waals surface area (Å²) >= 11 is 5.55. The largest absolute Gasteiger partial charge is 0.376 e. The number of hydrogen-bond acceptors (Lipinski definition) is 3. The van der Waals surface area contributed by atoms with Crippen molar-refractivity contribution in [1.29, 1.82) is 0 Å². The van der Waals surface area contributed by atoms with Gasteiger partial charge in [-0.3, -0.25) is 9.59 Å². The molecule has 1 atom stereocenters. The van der Waals surface area contributed by atoms with E-state index < -0.39 is 0 Å². The molecule has 2 rings (SSSR count). The van der Waals surface area contributed by atoms with Gasteiger partial charge in [0, 0.05) is 36.7 Å². The van der Waals surface area contributed by atoms with Gasteiger partial charge in [0.1, 0.15) is 0 Å². The van der Waals surface area contributed by atoms with Crippen LogP contribution in [-0.4, -0.2) is 36.9 Å². The van der Waals surface area contributed by atoms with Crippen molar-refractivity contribution >= 4 is 29.1 Å². The summed E-state index contributed by atoms with van der Waals surface area (Å²) in [6, 6.07) is 6.84. The molecule has 0 aromatic heterocycles. The maximum atomic E-state index is 12.0. The van der Waals surface area contributed by atoms with E-state index >= 15 is 0 Å². The van der Waals surface area contributed by atoms with Crippen molar-refractivity contribution < 1.29 is 14.3 Å². The Kier molecular flexibility index (Phi) is 6.68. The van der Waals surface area contributed by atoms with Crippen molar-refractivity contribution in [2.75, 3.05) is 24.3 Å². The maximum absolute atomic E-state index is 12.0. The molecule has 1 aromatic rings. The molecule has 6 heteroatoms. The summed E-state index contributed by atoms with van der Waals surface area (Å²) in [6.45, 7) is 1.31. The van der Waals surface area contributed by atoms with Crippen LogP contribution >= 0.6 is 11.6 Å². The van der Waals surface area contributed by atoms with Crippen LogP contribution in [0.1, 0.15) is 36.0 Å². The quantitative estimate of drug-likeness (QED) is 0.757. The molecule has 1 heterocycles. The monoisotopic (exact) mass is 324 g/mol. The number of ether oxygens (including phenoxy) is 1. The van der Waals surface area contributed by atoms with E-state index in [1.165, 1.54) is 0 Å². The van der Waals surface area contributed by atoms with Gasteiger partial charge < -0.3 is 15.4 Å². The van der Waals surface area contributed by atoms with Gasteiger partial charge in [0.05, 0.1) is 6.10 Å². The molecule has 120 valence electrons. The molecule has 1 aromatic carbocycles. The second-order valence-corrected chi connectivity index (χ2v) is 5.64. The van der Waals surface area contributed by atoms with Gasteiger partial charge in [-0.1, -0.05) is 0 Å². The molecule has 0 radical (unpaired) electrons. The van der Waals surface area contributed by atoms with Gasteiger partial charge in [-0.25, -0.2) is 0 Å². The van der Waals surface area contributed by atoms with Crippen LogP contribution in [0.4, 0.5) is 5.69 Å². The lowest BCUT2D eigenvalue weighted by Gasteiger charge is -2.11. The molecule has 0 saturated carbocycles. The number of nitrogens with one attached hydrogen (secondary N) is 2. The van der Waals surface area contributed by atoms with Gasteiger partial charge in [-0.05, 0) is 43.5 Å². The number of halogens is 1. The molecule has 0 bridgehead atoms. The maximum Gasteiger partial charge on any atom is 0.251 e. The summed E-state index contributed by atoms with van der Waals surface area (Å²) in [6.07, 6.45) is 3.22. The van der Waals surface area contributed by atoms with Crippen LogP contribution in [0.15, 0.2) is 24.3 Å². The third-order valence-electron chi connectivity index (χ3n) is 3.48.